The van der Waals surface area contributed by atoms with Crippen LogP contribution < -0.4 is 43.4 Å². The third-order valence-corrected chi connectivity index (χ3v) is 22.7. The number of allylic oxidation sites excluding steroid dienone is 2. The molecule has 4 aromatic heterocycles. The number of piperidine rings is 1. The summed E-state index contributed by atoms with van der Waals surface area (Å²) in [4.78, 5) is 26.3. The predicted molar refractivity (Wildman–Crippen MR) is 495 cm³/mol. The average Bonchev–Trinajstić information content (AvgIpc) is 1.65. The molecule has 4 unspecified atom stereocenters. The summed E-state index contributed by atoms with van der Waals surface area (Å²) in [5.74, 6) is 0.921. The quantitative estimate of drug-likeness (QED) is 0.0524. The molecular weight excluding hydrogens is 1450 g/mol. The Morgan fingerprint density at radius 2 is 1.11 bits per heavy atom. The van der Waals surface area contributed by atoms with Gasteiger partial charge in [-0.1, -0.05) is 48.8 Å². The summed E-state index contributed by atoms with van der Waals surface area (Å²) >= 11 is 0. The van der Waals surface area contributed by atoms with E-state index in [0.717, 1.165) is 101 Å². The van der Waals surface area contributed by atoms with Crippen molar-refractivity contribution >= 4 is 0 Å². The number of hydrogen-bond donors (Lipinski definition) is 8. The first-order valence-corrected chi connectivity index (χ1v) is 44.5. The van der Waals surface area contributed by atoms with Crippen LogP contribution in [-0.4, -0.2) is 399 Å². The van der Waals surface area contributed by atoms with Gasteiger partial charge in [0.1, 0.15) is 0 Å². The highest BCUT2D eigenvalue weighted by atomic mass is 15.3. The van der Waals surface area contributed by atoms with Gasteiger partial charge in [0, 0.05) is 199 Å². The molecule has 10 aliphatic rings. The molecule has 4 aromatic rings. The maximum atomic E-state index is 5.58. The fraction of sp³-hybridized carbons (Fsp3) is 0.798. The van der Waals surface area contributed by atoms with Crippen molar-refractivity contribution in [3.8, 4) is 0 Å². The molecular formula is C89H179N27. The molecule has 0 spiro atoms. The van der Waals surface area contributed by atoms with E-state index in [-0.39, 0.29) is 0 Å². The summed E-state index contributed by atoms with van der Waals surface area (Å²) in [6.07, 6.45) is 31.6. The topological polar surface area (TPSA) is 231 Å². The van der Waals surface area contributed by atoms with Crippen molar-refractivity contribution in [3.63, 3.8) is 0 Å². The van der Waals surface area contributed by atoms with E-state index >= 15 is 0 Å². The maximum Gasteiger partial charge on any atom is 0.0593 e. The van der Waals surface area contributed by atoms with Crippen LogP contribution in [0.2, 0.25) is 0 Å². The number of aryl methyl sites for hydroxylation is 4. The van der Waals surface area contributed by atoms with E-state index in [1.165, 1.54) is 217 Å². The van der Waals surface area contributed by atoms with E-state index < -0.39 is 0 Å². The number of fused-ring (bicyclic) bond motifs is 1. The Morgan fingerprint density at radius 1 is 0.543 bits per heavy atom. The number of nitrogens with one attached hydrogen (secondary N) is 6. The van der Waals surface area contributed by atoms with Crippen LogP contribution in [0.4, 0.5) is 0 Å². The van der Waals surface area contributed by atoms with Gasteiger partial charge in [0.05, 0.1) is 56.2 Å². The van der Waals surface area contributed by atoms with Gasteiger partial charge >= 0.3 is 0 Å². The molecule has 8 aliphatic heterocycles. The molecule has 0 amide bonds. The van der Waals surface area contributed by atoms with E-state index in [1.54, 1.807) is 11.1 Å². The molecule has 0 radical (unpaired) electrons. The number of likely N-dealkylation sites (N-methyl/N-ethyl adjacent to an activating group) is 9. The van der Waals surface area contributed by atoms with Crippen LogP contribution >= 0.6 is 0 Å². The minimum absolute atomic E-state index is 0.449. The van der Waals surface area contributed by atoms with Gasteiger partial charge in [-0.2, -0.15) is 20.4 Å². The zero-order valence-corrected chi connectivity index (χ0v) is 78.8. The van der Waals surface area contributed by atoms with Crippen LogP contribution in [0.3, 0.4) is 0 Å². The fourth-order valence-electron chi connectivity index (χ4n) is 14.9. The van der Waals surface area contributed by atoms with Gasteiger partial charge in [-0.25, -0.2) is 0 Å². The highest BCUT2D eigenvalue weighted by Gasteiger charge is 2.26. The standard InChI is InChI=1S/C11H23N3.C10H19N.C9H21N3.C9H17N.C7H11N3.2C7H13N3.C6H11N3.2C6H14N2.C6H11N.C5H12N2/c1-12-5-3-11(4-6-12)14-9-7-13(2)8-10-14;1-8(2)11-10-6-4-9(3)5-7-10;1-10(2)4-7-12-8-5-11(3)6-9-12;1-8-4-6-9(7-5-8)10(2)3;1-6-4-9-10-3-2-8-5-7(6)10;1-7-3-5-10(9-7)6-4-8-2;1-7-5-9-10(6-7)4-3-8-2;1-6-4-8-9(5-6)3-2-7;1-7-3-6-4-8(2)5-6;1-7-6-3-4-8(2)5-6;1-6-3-4-7(2)5-6;1-7-3-2-5(6)4-7/h11H,3-10H2,1-2H3;4,8,10-11H,5-7H2,1-3H3;4-9H2,1-3H3;4,9H,5-7H2,1-3H3;4,8H,2-3,5H2,1H3;3,5,8H,4,6H2,1-2H3;5-6,8H,3-4H2,1-2H3;4-5H,2-3,7H2,1H3;2*6-7H,3-5H2,1-2H3;3H,4-5H2,1-2H3;5H,2-4,6H2,1H3. The summed E-state index contributed by atoms with van der Waals surface area (Å²) in [6.45, 7) is 53.4. The van der Waals surface area contributed by atoms with Gasteiger partial charge in [-0.15, -0.1) is 0 Å². The number of aromatic nitrogens is 8. The van der Waals surface area contributed by atoms with Crippen molar-refractivity contribution in [2.24, 2.45) is 17.4 Å². The summed E-state index contributed by atoms with van der Waals surface area (Å²) in [5.41, 5.74) is 21.6. The lowest BCUT2D eigenvalue weighted by molar-refractivity contribution is 0.0742. The average molecular weight is 1630 g/mol. The molecule has 27 heteroatoms. The van der Waals surface area contributed by atoms with Gasteiger partial charge in [0.2, 0.25) is 0 Å². The number of nitrogens with zero attached hydrogens (tertiary/aromatic N) is 19. The molecule has 670 valence electrons. The van der Waals surface area contributed by atoms with E-state index in [4.69, 9.17) is 11.5 Å². The molecule has 14 rings (SSSR count). The summed E-state index contributed by atoms with van der Waals surface area (Å²) in [5, 5.41) is 36.0. The van der Waals surface area contributed by atoms with E-state index in [2.05, 4.69) is 248 Å². The van der Waals surface area contributed by atoms with Crippen LogP contribution in [0.1, 0.15) is 127 Å². The van der Waals surface area contributed by atoms with E-state index in [0.29, 0.717) is 18.6 Å². The molecule has 116 heavy (non-hydrogen) atoms. The first-order chi connectivity index (χ1) is 55.4. The largest absolute Gasteiger partial charge is 0.329 e. The van der Waals surface area contributed by atoms with Gasteiger partial charge < -0.3 is 82.6 Å². The van der Waals surface area contributed by atoms with Gasteiger partial charge in [0.25, 0.3) is 0 Å². The highest BCUT2D eigenvalue weighted by molar-refractivity contribution is 5.16. The van der Waals surface area contributed by atoms with Crippen LogP contribution in [0.5, 0.6) is 0 Å². The molecule has 12 heterocycles. The van der Waals surface area contributed by atoms with Gasteiger partial charge in [0.15, 0.2) is 0 Å². The van der Waals surface area contributed by atoms with Crippen molar-refractivity contribution < 1.29 is 0 Å². The van der Waals surface area contributed by atoms with Gasteiger partial charge in [-0.05, 0) is 273 Å². The normalized spacial score (nSPS) is 21.8. The smallest absolute Gasteiger partial charge is 0.0593 e. The second-order valence-corrected chi connectivity index (χ2v) is 35.3. The third-order valence-electron chi connectivity index (χ3n) is 22.7. The number of rotatable bonds is 18. The monoisotopic (exact) mass is 1630 g/mol. The molecule has 4 atom stereocenters. The minimum Gasteiger partial charge on any atom is -0.329 e. The van der Waals surface area contributed by atoms with Crippen LogP contribution in [0, 0.1) is 33.6 Å². The predicted octanol–water partition coefficient (Wildman–Crippen LogP) is 6.12. The number of nitrogens with two attached hydrogens (primary N) is 2. The summed E-state index contributed by atoms with van der Waals surface area (Å²) in [6, 6.07) is 6.24. The zero-order chi connectivity index (χ0) is 85.7. The molecule has 10 N–H and O–H groups in total. The Bertz CT molecular complexity index is 3030. The maximum absolute atomic E-state index is 5.58. The molecule has 6 saturated heterocycles. The van der Waals surface area contributed by atoms with E-state index in [1.807, 2.05) is 106 Å². The lowest BCUT2D eigenvalue weighted by Gasteiger charge is -2.41. The molecule has 6 fully saturated rings. The second kappa shape index (κ2) is 62.4. The molecule has 0 aromatic carbocycles. The van der Waals surface area contributed by atoms with Crippen molar-refractivity contribution in [1.82, 2.24) is 125 Å². The third kappa shape index (κ3) is 49.9. The molecule has 0 saturated carbocycles. The zero-order valence-electron chi connectivity index (χ0n) is 78.8. The lowest BCUT2D eigenvalue weighted by atomic mass is 9.96. The second-order valence-electron chi connectivity index (χ2n) is 35.3. The fourth-order valence-corrected chi connectivity index (χ4v) is 14.9. The van der Waals surface area contributed by atoms with Gasteiger partial charge in [-0.3, -0.25) is 33.4 Å². The van der Waals surface area contributed by atoms with E-state index in [9.17, 15) is 0 Å². The number of piperazine rings is 2. The Kier molecular flexibility index (Phi) is 56.8. The van der Waals surface area contributed by atoms with Crippen molar-refractivity contribution in [3.05, 3.63) is 106 Å². The van der Waals surface area contributed by atoms with Crippen molar-refractivity contribution in [1.29, 1.82) is 0 Å². The lowest BCUT2D eigenvalue weighted by Crippen LogP contribution is -2.51. The Hall–Kier alpha value is -4.70. The SMILES string of the molecule is CC1=CCC(N(C)C)CC1.CC1=CCC(NC(C)C)CC1.CC1=CCN(C)C1.CN(C)CCN1CCN(C)CC1.CN1CCC(N)C1.CN1CCC(N2CCN(C)CC2)CC1.CNC1CCN(C)C1.CNCC1CN(C)C1.CNCCn1cc(C)cn1.CNCCn1ccc(C)n1.Cc1cnn(CCN)c1.Cc1cnn2c1CNCC2. The molecule has 2 aliphatic carbocycles. The summed E-state index contributed by atoms with van der Waals surface area (Å²) < 4.78 is 7.79. The highest BCUT2D eigenvalue weighted by Crippen LogP contribution is 2.21. The minimum atomic E-state index is 0.449. The first kappa shape index (κ1) is 105. The van der Waals surface area contributed by atoms with Crippen LogP contribution in [-0.2, 0) is 32.7 Å². The first-order valence-electron chi connectivity index (χ1n) is 44.5. The summed E-state index contributed by atoms with van der Waals surface area (Å²) in [7, 11) is 31.7. The molecule has 0 bridgehead atoms. The number of likely N-dealkylation sites (tertiary alicyclic amines) is 4. The Morgan fingerprint density at radius 3 is 1.52 bits per heavy atom. The van der Waals surface area contributed by atoms with Crippen LogP contribution in [0.15, 0.2) is 78.2 Å². The molecule has 27 nitrogen and oxygen atoms in total. The number of hydrogen-bond acceptors (Lipinski definition) is 23. The Balaban J connectivity index is 0.000000329. The van der Waals surface area contributed by atoms with Crippen molar-refractivity contribution in [2.75, 3.05) is 269 Å². The Labute approximate surface area is 709 Å². The van der Waals surface area contributed by atoms with Crippen molar-refractivity contribution in [2.45, 2.75) is 195 Å². The van der Waals surface area contributed by atoms with Crippen LogP contribution in [0.25, 0.3) is 0 Å².